The van der Waals surface area contributed by atoms with Gasteiger partial charge in [-0.15, -0.1) is 0 Å². The molecule has 3 aromatic heterocycles. The highest BCUT2D eigenvalue weighted by Gasteiger charge is 2.39. The van der Waals surface area contributed by atoms with Crippen molar-refractivity contribution in [1.82, 2.24) is 9.13 Å². The first-order chi connectivity index (χ1) is 39.1. The van der Waals surface area contributed by atoms with Crippen LogP contribution in [0.4, 0.5) is 0 Å². The molecule has 0 N–H and O–H groups in total. The molecule has 5 heterocycles. The van der Waals surface area contributed by atoms with Crippen LogP contribution in [0, 0.1) is 5.92 Å². The van der Waals surface area contributed by atoms with Crippen LogP contribution in [0.15, 0.2) is 275 Å². The number of rotatable bonds is 8. The van der Waals surface area contributed by atoms with Crippen molar-refractivity contribution in [2.75, 3.05) is 0 Å². The molecule has 2 aliphatic heterocycles. The molecular weight excluding hydrogens is 963 g/mol. The Balaban J connectivity index is 0.941. The van der Waals surface area contributed by atoms with Crippen LogP contribution in [0.1, 0.15) is 66.3 Å². The summed E-state index contributed by atoms with van der Waals surface area (Å²) >= 11 is 0. The van der Waals surface area contributed by atoms with E-state index in [0.29, 0.717) is 0 Å². The van der Waals surface area contributed by atoms with Gasteiger partial charge in [-0.1, -0.05) is 183 Å². The molecular formula is C74H55N3O2. The monoisotopic (exact) mass is 1020 g/mol. The smallest absolute Gasteiger partial charge is 0.135 e. The van der Waals surface area contributed by atoms with E-state index in [1.807, 2.05) is 0 Å². The summed E-state index contributed by atoms with van der Waals surface area (Å²) in [6.07, 6.45) is 16.7. The average Bonchev–Trinajstić information content (AvgIpc) is 4.41. The SMILES string of the molecule is CCC1CC(c2ccccc2)=CC(C2=CC(C3=CC=CC4Oc5ccccc5C34)=CC(c3cccc4oc5ccccc5c34)C2)=NC1c1cc(-n2c3ccccc3c3ccccc32)cc(-n2c3ccccc3c3ccccc32)c1. The van der Waals surface area contributed by atoms with Gasteiger partial charge in [-0.05, 0) is 137 Å². The third-order valence-electron chi connectivity index (χ3n) is 17.5. The second-order valence-corrected chi connectivity index (χ2v) is 21.9. The number of aromatic nitrogens is 2. The quantitative estimate of drug-likeness (QED) is 0.152. The molecule has 0 bridgehead atoms. The maximum absolute atomic E-state index is 6.69. The molecule has 16 rings (SSSR count). The van der Waals surface area contributed by atoms with Gasteiger partial charge >= 0.3 is 0 Å². The molecule has 79 heavy (non-hydrogen) atoms. The van der Waals surface area contributed by atoms with E-state index in [4.69, 9.17) is 14.1 Å². The summed E-state index contributed by atoms with van der Waals surface area (Å²) in [6, 6.07) is 77.4. The molecule has 9 aromatic carbocycles. The Kier molecular flexibility index (Phi) is 10.6. The minimum Gasteiger partial charge on any atom is -0.485 e. The first-order valence-corrected chi connectivity index (χ1v) is 28.0. The number of benzene rings is 9. The highest BCUT2D eigenvalue weighted by atomic mass is 16.5. The molecule has 4 aliphatic rings. The predicted octanol–water partition coefficient (Wildman–Crippen LogP) is 18.9. The second kappa shape index (κ2) is 18.4. The standard InChI is InChI=1S/C74H55N3O2/c1-2-46-38-48(47-20-4-3-5-21-47)44-63(51-40-49(55-28-18-36-70-72(55)61-26-10-16-34-68(61)78-70)39-50(41-51)56-29-19-37-71-73(56)62-27-11-17-35-69(62)79-71)75-74(46)52-42-53(76-64-30-12-6-22-57(64)58-23-7-13-31-65(58)76)45-54(43-52)77-66-32-14-8-24-59(66)60-25-9-15-33-67(60)77/h3-37,39-40,42-46,50,70,72,74H,2,38,41H2,1H3. The highest BCUT2D eigenvalue weighted by molar-refractivity contribution is 6.14. The molecule has 0 spiro atoms. The van der Waals surface area contributed by atoms with Crippen molar-refractivity contribution in [3.63, 3.8) is 0 Å². The van der Waals surface area contributed by atoms with Gasteiger partial charge in [0.2, 0.25) is 0 Å². The average molecular weight is 1020 g/mol. The van der Waals surface area contributed by atoms with Crippen molar-refractivity contribution in [1.29, 1.82) is 0 Å². The minimum absolute atomic E-state index is 0.0167. The van der Waals surface area contributed by atoms with Crippen molar-refractivity contribution in [2.24, 2.45) is 10.9 Å². The molecule has 5 heteroatoms. The van der Waals surface area contributed by atoms with Gasteiger partial charge in [0, 0.05) is 55.2 Å². The first-order valence-electron chi connectivity index (χ1n) is 28.0. The van der Waals surface area contributed by atoms with Gasteiger partial charge in [0.1, 0.15) is 23.0 Å². The molecule has 2 aliphatic carbocycles. The van der Waals surface area contributed by atoms with Crippen LogP contribution in [-0.4, -0.2) is 20.9 Å². The van der Waals surface area contributed by atoms with E-state index in [2.05, 4.69) is 265 Å². The Labute approximate surface area is 458 Å². The zero-order valence-corrected chi connectivity index (χ0v) is 43.8. The Bertz CT molecular complexity index is 4430. The molecule has 5 nitrogen and oxygen atoms in total. The van der Waals surface area contributed by atoms with Gasteiger partial charge < -0.3 is 18.3 Å². The third-order valence-corrected chi connectivity index (χ3v) is 17.5. The van der Waals surface area contributed by atoms with Crippen molar-refractivity contribution in [3.05, 3.63) is 288 Å². The Morgan fingerprint density at radius 1 is 0.532 bits per heavy atom. The number of ether oxygens (including phenoxy) is 1. The molecule has 12 aromatic rings. The zero-order valence-electron chi connectivity index (χ0n) is 43.8. The van der Waals surface area contributed by atoms with Crippen LogP contribution in [-0.2, 0) is 0 Å². The van der Waals surface area contributed by atoms with E-state index < -0.39 is 0 Å². The summed E-state index contributed by atoms with van der Waals surface area (Å²) in [7, 11) is 0. The lowest BCUT2D eigenvalue weighted by Crippen LogP contribution is -2.22. The lowest BCUT2D eigenvalue weighted by molar-refractivity contribution is 0.265. The van der Waals surface area contributed by atoms with E-state index in [1.165, 1.54) is 93.5 Å². The summed E-state index contributed by atoms with van der Waals surface area (Å²) in [4.78, 5) is 6.25. The lowest BCUT2D eigenvalue weighted by Gasteiger charge is -2.29. The van der Waals surface area contributed by atoms with Crippen molar-refractivity contribution >= 4 is 76.8 Å². The summed E-state index contributed by atoms with van der Waals surface area (Å²) < 4.78 is 18.3. The fraction of sp³-hybridized carbons (Fsp3) is 0.122. The van der Waals surface area contributed by atoms with Crippen molar-refractivity contribution in [3.8, 4) is 17.1 Å². The largest absolute Gasteiger partial charge is 0.485 e. The molecule has 5 unspecified atom stereocenters. The van der Waals surface area contributed by atoms with E-state index in [0.717, 1.165) is 58.7 Å². The second-order valence-electron chi connectivity index (χ2n) is 21.9. The molecule has 0 fully saturated rings. The van der Waals surface area contributed by atoms with E-state index in [9.17, 15) is 0 Å². The van der Waals surface area contributed by atoms with E-state index >= 15 is 0 Å². The highest BCUT2D eigenvalue weighted by Crippen LogP contribution is 2.51. The first kappa shape index (κ1) is 45.7. The summed E-state index contributed by atoms with van der Waals surface area (Å²) in [6.45, 7) is 2.36. The molecule has 378 valence electrons. The predicted molar refractivity (Wildman–Crippen MR) is 326 cm³/mol. The van der Waals surface area contributed by atoms with Crippen molar-refractivity contribution in [2.45, 2.75) is 50.2 Å². The third kappa shape index (κ3) is 7.40. The number of allylic oxidation sites excluding steroid dienone is 8. The fourth-order valence-corrected chi connectivity index (χ4v) is 14.0. The normalized spacial score (nSPS) is 20.0. The van der Waals surface area contributed by atoms with Gasteiger partial charge in [0.05, 0.1) is 39.7 Å². The number of fused-ring (bicyclic) bond motifs is 12. The van der Waals surface area contributed by atoms with Gasteiger partial charge in [-0.2, -0.15) is 0 Å². The summed E-state index contributed by atoms with van der Waals surface area (Å²) in [5, 5.41) is 7.28. The van der Waals surface area contributed by atoms with Crippen LogP contribution < -0.4 is 4.74 Å². The van der Waals surface area contributed by atoms with Gasteiger partial charge in [0.25, 0.3) is 0 Å². The number of hydrogen-bond acceptors (Lipinski definition) is 3. The topological polar surface area (TPSA) is 44.6 Å². The van der Waals surface area contributed by atoms with Gasteiger partial charge in [-0.25, -0.2) is 0 Å². The molecule has 0 saturated carbocycles. The van der Waals surface area contributed by atoms with Gasteiger partial charge in [-0.3, -0.25) is 4.99 Å². The molecule has 0 radical (unpaired) electrons. The number of furan rings is 1. The molecule has 5 atom stereocenters. The summed E-state index contributed by atoms with van der Waals surface area (Å²) in [5.41, 5.74) is 19.8. The fourth-order valence-electron chi connectivity index (χ4n) is 14.0. The maximum atomic E-state index is 6.69. The van der Waals surface area contributed by atoms with Crippen LogP contribution >= 0.6 is 0 Å². The van der Waals surface area contributed by atoms with E-state index in [1.54, 1.807) is 0 Å². The Morgan fingerprint density at radius 2 is 1.11 bits per heavy atom. The number of nitrogens with zero attached hydrogens (tertiary/aromatic N) is 3. The van der Waals surface area contributed by atoms with Crippen LogP contribution in [0.5, 0.6) is 5.75 Å². The lowest BCUT2D eigenvalue weighted by atomic mass is 9.75. The van der Waals surface area contributed by atoms with Crippen LogP contribution in [0.3, 0.4) is 0 Å². The minimum atomic E-state index is -0.191. The van der Waals surface area contributed by atoms with E-state index in [-0.39, 0.29) is 29.9 Å². The van der Waals surface area contributed by atoms with Crippen LogP contribution in [0.2, 0.25) is 0 Å². The van der Waals surface area contributed by atoms with Crippen molar-refractivity contribution < 1.29 is 9.15 Å². The number of aliphatic imine (C=N–C) groups is 1. The molecule has 0 saturated heterocycles. The zero-order chi connectivity index (χ0) is 52.1. The maximum Gasteiger partial charge on any atom is 0.135 e. The number of hydrogen-bond donors (Lipinski definition) is 0. The summed E-state index contributed by atoms with van der Waals surface area (Å²) in [5.74, 6) is 1.22. The Hall–Kier alpha value is -9.45. The van der Waals surface area contributed by atoms with Gasteiger partial charge in [0.15, 0.2) is 0 Å². The number of para-hydroxylation sites is 6. The molecule has 0 amide bonds. The Morgan fingerprint density at radius 3 is 1.78 bits per heavy atom. The van der Waals surface area contributed by atoms with Crippen LogP contribution in [0.25, 0.3) is 82.5 Å².